The van der Waals surface area contributed by atoms with E-state index in [4.69, 9.17) is 0 Å². The Labute approximate surface area is 97.9 Å². The summed E-state index contributed by atoms with van der Waals surface area (Å²) in [4.78, 5) is 23.3. The lowest BCUT2D eigenvalue weighted by molar-refractivity contribution is -0.164. The number of allylic oxidation sites excluding steroid dienone is 2. The third-order valence-corrected chi connectivity index (χ3v) is 3.81. The second-order valence-electron chi connectivity index (χ2n) is 4.17. The van der Waals surface area contributed by atoms with E-state index in [1.807, 2.05) is 0 Å². The largest absolute Gasteiger partial charge is 0.470 e. The van der Waals surface area contributed by atoms with Crippen LogP contribution in [0.2, 0.25) is 0 Å². The molecule has 92 valence electrons. The van der Waals surface area contributed by atoms with Crippen molar-refractivity contribution in [3.8, 4) is 0 Å². The lowest BCUT2D eigenvalue weighted by Crippen LogP contribution is -2.50. The van der Waals surface area contributed by atoms with Crippen LogP contribution in [-0.2, 0) is 13.9 Å². The molecular formula is C9H6F3NO3S. The van der Waals surface area contributed by atoms with E-state index in [0.717, 1.165) is 0 Å². The summed E-state index contributed by atoms with van der Waals surface area (Å²) < 4.78 is 39.9. The molecule has 3 aliphatic rings. The average molecular weight is 265 g/mol. The lowest BCUT2D eigenvalue weighted by Gasteiger charge is -2.47. The zero-order chi connectivity index (χ0) is 12.4. The summed E-state index contributed by atoms with van der Waals surface area (Å²) in [6.45, 7) is 0. The van der Waals surface area contributed by atoms with Crippen molar-refractivity contribution in [3.05, 3.63) is 12.2 Å². The van der Waals surface area contributed by atoms with Gasteiger partial charge >= 0.3 is 5.51 Å². The number of carbonyl (C=O) groups is 2. The molecule has 2 amide bonds. The van der Waals surface area contributed by atoms with E-state index in [2.05, 4.69) is 4.28 Å². The molecule has 2 fully saturated rings. The van der Waals surface area contributed by atoms with Gasteiger partial charge in [-0.3, -0.25) is 9.59 Å². The van der Waals surface area contributed by atoms with Crippen molar-refractivity contribution in [3.63, 3.8) is 0 Å². The number of nitrogens with zero attached hydrogens (tertiary/aromatic N) is 1. The number of hydrogen-bond donors (Lipinski definition) is 0. The summed E-state index contributed by atoms with van der Waals surface area (Å²) in [5, 5.41) is 0.257. The van der Waals surface area contributed by atoms with Gasteiger partial charge < -0.3 is 0 Å². The van der Waals surface area contributed by atoms with Gasteiger partial charge in [0.25, 0.3) is 11.8 Å². The molecule has 4 nitrogen and oxygen atoms in total. The maximum absolute atomic E-state index is 11.9. The fourth-order valence-electron chi connectivity index (χ4n) is 2.59. The Hall–Kier alpha value is -1.02. The molecular weight excluding hydrogens is 259 g/mol. The van der Waals surface area contributed by atoms with Gasteiger partial charge in [0, 0.05) is 0 Å². The first-order chi connectivity index (χ1) is 7.90. The summed E-state index contributed by atoms with van der Waals surface area (Å²) in [5.41, 5.74) is -4.64. The van der Waals surface area contributed by atoms with Gasteiger partial charge in [-0.15, -0.1) is 5.06 Å². The normalized spacial score (nSPS) is 38.6. The predicted octanol–water partition coefficient (Wildman–Crippen LogP) is 1.50. The second kappa shape index (κ2) is 3.26. The molecule has 0 spiro atoms. The third kappa shape index (κ3) is 1.43. The molecule has 4 atom stereocenters. The summed E-state index contributed by atoms with van der Waals surface area (Å²) in [6.07, 6.45) is 3.61. The zero-order valence-electron chi connectivity index (χ0n) is 8.18. The highest BCUT2D eigenvalue weighted by molar-refractivity contribution is 7.95. The van der Waals surface area contributed by atoms with Gasteiger partial charge in [-0.25, -0.2) is 0 Å². The van der Waals surface area contributed by atoms with Crippen LogP contribution in [0.5, 0.6) is 0 Å². The number of amides is 2. The molecule has 2 aliphatic carbocycles. The Morgan fingerprint density at radius 1 is 1.12 bits per heavy atom. The minimum Gasteiger partial charge on any atom is -0.272 e. The number of rotatable bonds is 2. The first-order valence-electron chi connectivity index (χ1n) is 4.89. The smallest absolute Gasteiger partial charge is 0.272 e. The maximum Gasteiger partial charge on any atom is 0.470 e. The minimum absolute atomic E-state index is 0.000867. The Balaban J connectivity index is 1.71. The highest BCUT2D eigenvalue weighted by Crippen LogP contribution is 2.58. The maximum atomic E-state index is 11.9. The number of hydrogen-bond acceptors (Lipinski definition) is 4. The average Bonchev–Trinajstić information content (AvgIpc) is 2.36. The molecule has 0 aromatic heterocycles. The van der Waals surface area contributed by atoms with Crippen molar-refractivity contribution >= 4 is 23.9 Å². The van der Waals surface area contributed by atoms with Crippen LogP contribution in [-0.4, -0.2) is 22.4 Å². The van der Waals surface area contributed by atoms with E-state index in [1.165, 1.54) is 0 Å². The molecule has 1 aliphatic heterocycles. The van der Waals surface area contributed by atoms with E-state index in [0.29, 0.717) is 0 Å². The van der Waals surface area contributed by atoms with Crippen molar-refractivity contribution in [1.29, 1.82) is 0 Å². The van der Waals surface area contributed by atoms with Crippen molar-refractivity contribution < 1.29 is 27.0 Å². The summed E-state index contributed by atoms with van der Waals surface area (Å²) in [5.74, 6) is -2.37. The topological polar surface area (TPSA) is 46.6 Å². The molecule has 8 heteroatoms. The van der Waals surface area contributed by atoms with Crippen LogP contribution >= 0.6 is 12.0 Å². The molecule has 0 bridgehead atoms. The lowest BCUT2D eigenvalue weighted by atomic mass is 9.52. The van der Waals surface area contributed by atoms with E-state index in [-0.39, 0.29) is 16.9 Å². The standard InChI is InChI=1S/C9H6F3NO3S/c10-9(11,12)17-16-13-7(14)5-3-1-2-4(3)6(5)8(13)15/h1-6H. The van der Waals surface area contributed by atoms with Crippen molar-refractivity contribution in [1.82, 2.24) is 5.06 Å². The van der Waals surface area contributed by atoms with Crippen LogP contribution in [0.15, 0.2) is 12.2 Å². The number of hydroxylamine groups is 2. The third-order valence-electron chi connectivity index (χ3n) is 3.39. The van der Waals surface area contributed by atoms with E-state index < -0.39 is 41.2 Å². The van der Waals surface area contributed by atoms with Crippen molar-refractivity contribution in [2.75, 3.05) is 0 Å². The Kier molecular flexibility index (Phi) is 2.13. The van der Waals surface area contributed by atoms with Gasteiger partial charge in [-0.05, 0) is 11.8 Å². The molecule has 3 rings (SSSR count). The molecule has 1 saturated carbocycles. The monoisotopic (exact) mass is 265 g/mol. The van der Waals surface area contributed by atoms with Crippen LogP contribution in [0, 0.1) is 23.7 Å². The first kappa shape index (κ1) is 11.1. The number of fused-ring (bicyclic) bond motifs is 4. The van der Waals surface area contributed by atoms with E-state index in [9.17, 15) is 22.8 Å². The van der Waals surface area contributed by atoms with Crippen molar-refractivity contribution in [2.45, 2.75) is 5.51 Å². The first-order valence-corrected chi connectivity index (χ1v) is 5.63. The Morgan fingerprint density at radius 2 is 1.59 bits per heavy atom. The quantitative estimate of drug-likeness (QED) is 0.431. The van der Waals surface area contributed by atoms with Crippen LogP contribution in [0.3, 0.4) is 0 Å². The molecule has 0 radical (unpaired) electrons. The van der Waals surface area contributed by atoms with Crippen LogP contribution in [0.4, 0.5) is 13.2 Å². The summed E-state index contributed by atoms with van der Waals surface area (Å²) >= 11 is -0.843. The molecule has 0 N–H and O–H groups in total. The van der Waals surface area contributed by atoms with Crippen LogP contribution < -0.4 is 0 Å². The summed E-state index contributed by atoms with van der Waals surface area (Å²) in [6, 6.07) is 0. The molecule has 0 aromatic rings. The molecule has 1 saturated heterocycles. The highest BCUT2D eigenvalue weighted by Gasteiger charge is 2.66. The summed E-state index contributed by atoms with van der Waals surface area (Å²) in [7, 11) is 0. The van der Waals surface area contributed by atoms with Gasteiger partial charge in [-0.1, -0.05) is 12.2 Å². The van der Waals surface area contributed by atoms with Gasteiger partial charge in [0.15, 0.2) is 0 Å². The number of halogens is 3. The number of imide groups is 1. The van der Waals surface area contributed by atoms with Crippen molar-refractivity contribution in [2.24, 2.45) is 23.7 Å². The molecule has 0 aromatic carbocycles. The van der Waals surface area contributed by atoms with Gasteiger partial charge in [0.05, 0.1) is 11.8 Å². The zero-order valence-corrected chi connectivity index (χ0v) is 8.99. The fourth-order valence-corrected chi connectivity index (χ4v) is 2.89. The van der Waals surface area contributed by atoms with Crippen LogP contribution in [0.1, 0.15) is 0 Å². The minimum atomic E-state index is -4.64. The van der Waals surface area contributed by atoms with E-state index >= 15 is 0 Å². The van der Waals surface area contributed by atoms with Gasteiger partial charge in [0.2, 0.25) is 0 Å². The Morgan fingerprint density at radius 3 is 1.94 bits per heavy atom. The fraction of sp³-hybridized carbons (Fsp3) is 0.556. The predicted molar refractivity (Wildman–Crippen MR) is 49.7 cm³/mol. The van der Waals surface area contributed by atoms with Gasteiger partial charge in [-0.2, -0.15) is 17.5 Å². The Bertz CT molecular complexity index is 406. The number of carbonyl (C=O) groups excluding carboxylic acids is 2. The van der Waals surface area contributed by atoms with Gasteiger partial charge in [0.1, 0.15) is 12.0 Å². The second-order valence-corrected chi connectivity index (χ2v) is 4.94. The number of alkyl halides is 3. The molecule has 4 unspecified atom stereocenters. The molecule has 17 heavy (non-hydrogen) atoms. The van der Waals surface area contributed by atoms with Crippen LogP contribution in [0.25, 0.3) is 0 Å². The highest BCUT2D eigenvalue weighted by atomic mass is 32.2. The SMILES string of the molecule is O=C1C2C3C=CC3C2C(=O)N1OSC(F)(F)F. The molecule has 1 heterocycles. The van der Waals surface area contributed by atoms with E-state index in [1.54, 1.807) is 12.2 Å².